The molecule has 0 aromatic heterocycles. The zero-order valence-corrected chi connectivity index (χ0v) is 13.9. The third-order valence-corrected chi connectivity index (χ3v) is 3.70. The number of carbonyl (C=O) groups is 2. The minimum atomic E-state index is -0.791. The molecule has 2 amide bonds. The van der Waals surface area contributed by atoms with Gasteiger partial charge >= 0.3 is 6.09 Å². The molecular formula is C18H16FN3O4. The molecule has 8 heteroatoms. The smallest absolute Gasteiger partial charge is 0.411 e. The number of amides is 2. The average molecular weight is 357 g/mol. The number of rotatable bonds is 4. The Balaban J connectivity index is 1.57. The van der Waals surface area contributed by atoms with Crippen LogP contribution < -0.4 is 10.6 Å². The van der Waals surface area contributed by atoms with Crippen LogP contribution >= 0.6 is 0 Å². The van der Waals surface area contributed by atoms with E-state index in [-0.39, 0.29) is 18.1 Å². The fraction of sp³-hybridized carbons (Fsp3) is 0.167. The van der Waals surface area contributed by atoms with E-state index in [1.54, 1.807) is 36.4 Å². The molecule has 0 saturated heterocycles. The van der Waals surface area contributed by atoms with Gasteiger partial charge in [-0.2, -0.15) is 0 Å². The SMILES string of the molecule is COC(=O)Nc1ccc(NC(=O)[C@H]2CC(c3cccc(F)c3)=NO2)cc1. The highest BCUT2D eigenvalue weighted by Gasteiger charge is 2.29. The molecule has 0 bridgehead atoms. The van der Waals surface area contributed by atoms with Crippen molar-refractivity contribution in [3.63, 3.8) is 0 Å². The zero-order chi connectivity index (χ0) is 18.5. The van der Waals surface area contributed by atoms with E-state index < -0.39 is 12.2 Å². The summed E-state index contributed by atoms with van der Waals surface area (Å²) in [5.41, 5.74) is 2.16. The Kier molecular flexibility index (Phi) is 5.12. The van der Waals surface area contributed by atoms with Crippen molar-refractivity contribution in [2.75, 3.05) is 17.7 Å². The number of nitrogens with one attached hydrogen (secondary N) is 2. The van der Waals surface area contributed by atoms with Gasteiger partial charge < -0.3 is 14.9 Å². The van der Waals surface area contributed by atoms with Gasteiger partial charge in [-0.3, -0.25) is 10.1 Å². The number of hydrogen-bond donors (Lipinski definition) is 2. The summed E-state index contributed by atoms with van der Waals surface area (Å²) in [4.78, 5) is 28.6. The molecule has 0 aliphatic carbocycles. The summed E-state index contributed by atoms with van der Waals surface area (Å²) in [6.07, 6.45) is -1.12. The number of anilines is 2. The van der Waals surface area contributed by atoms with Gasteiger partial charge in [0.05, 0.1) is 12.8 Å². The van der Waals surface area contributed by atoms with E-state index in [0.29, 0.717) is 22.6 Å². The molecule has 1 aliphatic heterocycles. The maximum atomic E-state index is 13.3. The number of methoxy groups -OCH3 is 1. The third-order valence-electron chi connectivity index (χ3n) is 3.70. The first-order valence-corrected chi connectivity index (χ1v) is 7.79. The van der Waals surface area contributed by atoms with Crippen LogP contribution in [0.2, 0.25) is 0 Å². The number of benzene rings is 2. The van der Waals surface area contributed by atoms with E-state index >= 15 is 0 Å². The van der Waals surface area contributed by atoms with Gasteiger partial charge in [0, 0.05) is 23.4 Å². The predicted molar refractivity (Wildman–Crippen MR) is 93.5 cm³/mol. The van der Waals surface area contributed by atoms with Gasteiger partial charge in [-0.1, -0.05) is 17.3 Å². The molecule has 2 N–H and O–H groups in total. The number of carbonyl (C=O) groups excluding carboxylic acids is 2. The topological polar surface area (TPSA) is 89.0 Å². The van der Waals surface area contributed by atoms with Crippen LogP contribution in [0.4, 0.5) is 20.6 Å². The molecule has 0 radical (unpaired) electrons. The molecule has 134 valence electrons. The van der Waals surface area contributed by atoms with Crippen LogP contribution in [0.1, 0.15) is 12.0 Å². The fourth-order valence-electron chi connectivity index (χ4n) is 2.39. The number of ether oxygens (including phenoxy) is 1. The number of oxime groups is 1. The predicted octanol–water partition coefficient (Wildman–Crippen LogP) is 3.14. The highest BCUT2D eigenvalue weighted by atomic mass is 19.1. The van der Waals surface area contributed by atoms with Crippen LogP contribution in [-0.4, -0.2) is 30.9 Å². The molecular weight excluding hydrogens is 341 g/mol. The molecule has 0 saturated carbocycles. The van der Waals surface area contributed by atoms with Gasteiger partial charge in [-0.05, 0) is 36.4 Å². The minimum absolute atomic E-state index is 0.247. The summed E-state index contributed by atoms with van der Waals surface area (Å²) < 4.78 is 17.8. The third kappa shape index (κ3) is 4.15. The Morgan fingerprint density at radius 1 is 1.15 bits per heavy atom. The fourth-order valence-corrected chi connectivity index (χ4v) is 2.39. The van der Waals surface area contributed by atoms with E-state index in [4.69, 9.17) is 4.84 Å². The average Bonchev–Trinajstić information content (AvgIpc) is 3.13. The second-order valence-electron chi connectivity index (χ2n) is 5.53. The van der Waals surface area contributed by atoms with Gasteiger partial charge in [-0.25, -0.2) is 9.18 Å². The second kappa shape index (κ2) is 7.64. The monoisotopic (exact) mass is 357 g/mol. The van der Waals surface area contributed by atoms with E-state index in [1.807, 2.05) is 0 Å². The molecule has 0 unspecified atom stereocenters. The van der Waals surface area contributed by atoms with Crippen molar-refractivity contribution in [3.05, 3.63) is 59.9 Å². The Morgan fingerprint density at radius 2 is 1.85 bits per heavy atom. The van der Waals surface area contributed by atoms with Crippen molar-refractivity contribution in [2.24, 2.45) is 5.16 Å². The summed E-state index contributed by atoms with van der Waals surface area (Å²) in [5, 5.41) is 9.09. The molecule has 0 spiro atoms. The maximum Gasteiger partial charge on any atom is 0.411 e. The molecule has 1 atom stereocenters. The van der Waals surface area contributed by atoms with Crippen molar-refractivity contribution < 1.29 is 23.6 Å². The van der Waals surface area contributed by atoms with Crippen LogP contribution in [0.3, 0.4) is 0 Å². The number of halogens is 1. The summed E-state index contributed by atoms with van der Waals surface area (Å²) in [6.45, 7) is 0. The first-order chi connectivity index (χ1) is 12.5. The summed E-state index contributed by atoms with van der Waals surface area (Å²) in [5.74, 6) is -0.743. The van der Waals surface area contributed by atoms with Gasteiger partial charge in [0.2, 0.25) is 6.10 Å². The van der Waals surface area contributed by atoms with E-state index in [1.165, 1.54) is 19.2 Å². The number of hydrogen-bond acceptors (Lipinski definition) is 5. The normalized spacial score (nSPS) is 15.6. The Morgan fingerprint density at radius 3 is 2.50 bits per heavy atom. The highest BCUT2D eigenvalue weighted by Crippen LogP contribution is 2.20. The van der Waals surface area contributed by atoms with E-state index in [9.17, 15) is 14.0 Å². The van der Waals surface area contributed by atoms with Crippen LogP contribution in [0.5, 0.6) is 0 Å². The van der Waals surface area contributed by atoms with Crippen molar-refractivity contribution >= 4 is 29.1 Å². The first kappa shape index (κ1) is 17.4. The number of nitrogens with zero attached hydrogens (tertiary/aromatic N) is 1. The minimum Gasteiger partial charge on any atom is -0.453 e. The van der Waals surface area contributed by atoms with E-state index in [2.05, 4.69) is 20.5 Å². The van der Waals surface area contributed by atoms with Crippen LogP contribution in [0, 0.1) is 5.82 Å². The summed E-state index contributed by atoms with van der Waals surface area (Å²) in [6, 6.07) is 12.5. The largest absolute Gasteiger partial charge is 0.453 e. The first-order valence-electron chi connectivity index (χ1n) is 7.79. The maximum absolute atomic E-state index is 13.3. The molecule has 1 aliphatic rings. The molecule has 2 aromatic rings. The van der Waals surface area contributed by atoms with Crippen molar-refractivity contribution in [2.45, 2.75) is 12.5 Å². The van der Waals surface area contributed by atoms with Gasteiger partial charge in [0.25, 0.3) is 5.91 Å². The second-order valence-corrected chi connectivity index (χ2v) is 5.53. The van der Waals surface area contributed by atoms with Gasteiger partial charge in [0.1, 0.15) is 5.82 Å². The zero-order valence-electron chi connectivity index (χ0n) is 13.9. The lowest BCUT2D eigenvalue weighted by molar-refractivity contribution is -0.125. The molecule has 26 heavy (non-hydrogen) atoms. The lowest BCUT2D eigenvalue weighted by Crippen LogP contribution is -2.28. The lowest BCUT2D eigenvalue weighted by atomic mass is 10.0. The van der Waals surface area contributed by atoms with E-state index in [0.717, 1.165) is 0 Å². The van der Waals surface area contributed by atoms with Crippen LogP contribution in [0.25, 0.3) is 0 Å². The Labute approximate surface area is 148 Å². The molecule has 7 nitrogen and oxygen atoms in total. The van der Waals surface area contributed by atoms with Crippen LogP contribution in [-0.2, 0) is 14.4 Å². The molecule has 0 fully saturated rings. The standard InChI is InChI=1S/C18H16FN3O4/c1-25-18(24)21-14-7-5-13(6-8-14)20-17(23)16-10-15(22-26-16)11-3-2-4-12(19)9-11/h2-9,16H,10H2,1H3,(H,20,23)(H,21,24)/t16-/m1/s1. The van der Waals surface area contributed by atoms with Gasteiger partial charge in [0.15, 0.2) is 0 Å². The Bertz CT molecular complexity index is 852. The Hall–Kier alpha value is -3.42. The van der Waals surface area contributed by atoms with Gasteiger partial charge in [-0.15, -0.1) is 0 Å². The molecule has 2 aromatic carbocycles. The highest BCUT2D eigenvalue weighted by molar-refractivity contribution is 6.06. The van der Waals surface area contributed by atoms with Crippen LogP contribution in [0.15, 0.2) is 53.7 Å². The lowest BCUT2D eigenvalue weighted by Gasteiger charge is -2.10. The van der Waals surface area contributed by atoms with Crippen molar-refractivity contribution in [1.82, 2.24) is 0 Å². The summed E-state index contributed by atoms with van der Waals surface area (Å²) in [7, 11) is 1.27. The quantitative estimate of drug-likeness (QED) is 0.880. The van der Waals surface area contributed by atoms with Crippen molar-refractivity contribution in [1.29, 1.82) is 0 Å². The molecule has 1 heterocycles. The summed E-state index contributed by atoms with van der Waals surface area (Å²) >= 11 is 0. The molecule has 3 rings (SSSR count). The van der Waals surface area contributed by atoms with Crippen molar-refractivity contribution in [3.8, 4) is 0 Å².